The Kier molecular flexibility index (Phi) is 5.37. The average molecular weight is 241 g/mol. The maximum atomic E-state index is 8.52. The van der Waals surface area contributed by atoms with E-state index in [-0.39, 0.29) is 5.71 Å². The van der Waals surface area contributed by atoms with Gasteiger partial charge in [0.25, 0.3) is 0 Å². The maximum absolute atomic E-state index is 8.52. The van der Waals surface area contributed by atoms with Crippen LogP contribution in [-0.4, -0.2) is 11.8 Å². The molecule has 1 aromatic rings. The molecule has 0 fully saturated rings. The SMILES string of the molecule is CC(C)NCc1ccc(NN=C(C#N)C#N)cc1. The Balaban J connectivity index is 2.59. The quantitative estimate of drug-likeness (QED) is 0.610. The number of hydrogen-bond donors (Lipinski definition) is 2. The molecular weight excluding hydrogens is 226 g/mol. The summed E-state index contributed by atoms with van der Waals surface area (Å²) in [5, 5.41) is 24.0. The van der Waals surface area contributed by atoms with Crippen molar-refractivity contribution in [3.8, 4) is 12.1 Å². The highest BCUT2D eigenvalue weighted by Crippen LogP contribution is 2.09. The smallest absolute Gasteiger partial charge is 0.237 e. The second-order valence-electron chi connectivity index (χ2n) is 4.03. The predicted molar refractivity (Wildman–Crippen MR) is 70.7 cm³/mol. The lowest BCUT2D eigenvalue weighted by atomic mass is 10.2. The summed E-state index contributed by atoms with van der Waals surface area (Å²) in [7, 11) is 0. The molecule has 0 spiro atoms. The molecule has 0 saturated carbocycles. The normalized spacial score (nSPS) is 9.39. The van der Waals surface area contributed by atoms with E-state index in [4.69, 9.17) is 10.5 Å². The Bertz CT molecular complexity index is 472. The number of rotatable bonds is 5. The molecule has 5 nitrogen and oxygen atoms in total. The van der Waals surface area contributed by atoms with Crippen LogP contribution in [0.15, 0.2) is 29.4 Å². The average Bonchev–Trinajstić information content (AvgIpc) is 2.39. The van der Waals surface area contributed by atoms with Crippen LogP contribution in [0.1, 0.15) is 19.4 Å². The van der Waals surface area contributed by atoms with Crippen LogP contribution in [0.4, 0.5) is 5.69 Å². The van der Waals surface area contributed by atoms with Gasteiger partial charge in [0.05, 0.1) is 5.69 Å². The van der Waals surface area contributed by atoms with Crippen molar-refractivity contribution >= 4 is 11.4 Å². The van der Waals surface area contributed by atoms with Crippen LogP contribution in [-0.2, 0) is 6.54 Å². The van der Waals surface area contributed by atoms with Gasteiger partial charge in [-0.1, -0.05) is 26.0 Å². The van der Waals surface area contributed by atoms with Crippen LogP contribution in [0.25, 0.3) is 0 Å². The number of nitrogens with one attached hydrogen (secondary N) is 2. The van der Waals surface area contributed by atoms with Crippen molar-refractivity contribution in [3.63, 3.8) is 0 Å². The van der Waals surface area contributed by atoms with Crippen LogP contribution in [0.2, 0.25) is 0 Å². The van der Waals surface area contributed by atoms with Crippen molar-refractivity contribution in [1.82, 2.24) is 5.32 Å². The molecule has 0 aliphatic carbocycles. The molecule has 0 heterocycles. The lowest BCUT2D eigenvalue weighted by Gasteiger charge is -2.08. The zero-order valence-corrected chi connectivity index (χ0v) is 10.4. The largest absolute Gasteiger partial charge is 0.310 e. The van der Waals surface area contributed by atoms with E-state index in [0.717, 1.165) is 12.2 Å². The van der Waals surface area contributed by atoms with Gasteiger partial charge in [-0.3, -0.25) is 5.43 Å². The van der Waals surface area contributed by atoms with E-state index in [0.29, 0.717) is 6.04 Å². The molecule has 18 heavy (non-hydrogen) atoms. The van der Waals surface area contributed by atoms with Gasteiger partial charge in [0.2, 0.25) is 5.71 Å². The highest BCUT2D eigenvalue weighted by Gasteiger charge is 1.97. The number of hydrazone groups is 1. The van der Waals surface area contributed by atoms with Gasteiger partial charge in [-0.15, -0.1) is 0 Å². The number of benzene rings is 1. The molecule has 0 radical (unpaired) electrons. The van der Waals surface area contributed by atoms with E-state index < -0.39 is 0 Å². The van der Waals surface area contributed by atoms with Gasteiger partial charge >= 0.3 is 0 Å². The molecule has 0 aromatic heterocycles. The molecule has 5 heteroatoms. The first-order valence-electron chi connectivity index (χ1n) is 5.62. The fourth-order valence-corrected chi connectivity index (χ4v) is 1.21. The topological polar surface area (TPSA) is 84.0 Å². The van der Waals surface area contributed by atoms with Gasteiger partial charge in [-0.05, 0) is 17.7 Å². The molecular formula is C13H15N5. The summed E-state index contributed by atoms with van der Waals surface area (Å²) in [6.45, 7) is 4.99. The molecule has 0 aliphatic rings. The Morgan fingerprint density at radius 1 is 1.22 bits per heavy atom. The van der Waals surface area contributed by atoms with E-state index in [1.165, 1.54) is 5.56 Å². The number of hydrogen-bond acceptors (Lipinski definition) is 5. The summed E-state index contributed by atoms with van der Waals surface area (Å²) in [6, 6.07) is 11.4. The highest BCUT2D eigenvalue weighted by molar-refractivity contribution is 6.10. The monoisotopic (exact) mass is 241 g/mol. The third-order valence-electron chi connectivity index (χ3n) is 2.18. The van der Waals surface area contributed by atoms with Gasteiger partial charge < -0.3 is 5.32 Å². The minimum Gasteiger partial charge on any atom is -0.310 e. The first-order valence-corrected chi connectivity index (χ1v) is 5.62. The third-order valence-corrected chi connectivity index (χ3v) is 2.18. The van der Waals surface area contributed by atoms with Gasteiger partial charge in [0.1, 0.15) is 12.1 Å². The van der Waals surface area contributed by atoms with Gasteiger partial charge in [0, 0.05) is 12.6 Å². The van der Waals surface area contributed by atoms with E-state index in [1.54, 1.807) is 12.1 Å². The first kappa shape index (κ1) is 13.7. The van der Waals surface area contributed by atoms with Crippen molar-refractivity contribution in [2.45, 2.75) is 26.4 Å². The van der Waals surface area contributed by atoms with Gasteiger partial charge in [-0.25, -0.2) is 0 Å². The Morgan fingerprint density at radius 3 is 2.33 bits per heavy atom. The van der Waals surface area contributed by atoms with Crippen LogP contribution in [0, 0.1) is 22.7 Å². The van der Waals surface area contributed by atoms with Gasteiger partial charge in [-0.2, -0.15) is 15.6 Å². The molecule has 0 unspecified atom stereocenters. The second kappa shape index (κ2) is 7.05. The lowest BCUT2D eigenvalue weighted by molar-refractivity contribution is 0.589. The molecule has 92 valence electrons. The summed E-state index contributed by atoms with van der Waals surface area (Å²) in [5.41, 5.74) is 4.37. The Labute approximate surface area is 107 Å². The molecule has 1 aromatic carbocycles. The number of anilines is 1. The lowest BCUT2D eigenvalue weighted by Crippen LogP contribution is -2.21. The second-order valence-corrected chi connectivity index (χ2v) is 4.03. The maximum Gasteiger partial charge on any atom is 0.237 e. The molecule has 1 rings (SSSR count). The van der Waals surface area contributed by atoms with Crippen molar-refractivity contribution in [3.05, 3.63) is 29.8 Å². The van der Waals surface area contributed by atoms with Crippen LogP contribution >= 0.6 is 0 Å². The first-order chi connectivity index (χ1) is 8.65. The van der Waals surface area contributed by atoms with E-state index in [9.17, 15) is 0 Å². The zero-order chi connectivity index (χ0) is 13.4. The summed E-state index contributed by atoms with van der Waals surface area (Å²) < 4.78 is 0. The molecule has 0 aliphatic heterocycles. The van der Waals surface area contributed by atoms with Crippen molar-refractivity contribution in [2.24, 2.45) is 5.10 Å². The summed E-state index contributed by atoms with van der Waals surface area (Å²) in [5.74, 6) is 0. The fourth-order valence-electron chi connectivity index (χ4n) is 1.21. The predicted octanol–water partition coefficient (Wildman–Crippen LogP) is 2.00. The van der Waals surface area contributed by atoms with E-state index >= 15 is 0 Å². The standard InChI is InChI=1S/C13H15N5/c1-10(2)16-9-11-3-5-12(6-4-11)17-18-13(7-14)8-15/h3-6,10,16-17H,9H2,1-2H3. The fraction of sp³-hybridized carbons (Fsp3) is 0.308. The molecule has 0 saturated heterocycles. The minimum atomic E-state index is -0.194. The van der Waals surface area contributed by atoms with Crippen LogP contribution in [0.5, 0.6) is 0 Å². The minimum absolute atomic E-state index is 0.194. The Hall–Kier alpha value is -2.37. The van der Waals surface area contributed by atoms with Crippen molar-refractivity contribution in [1.29, 1.82) is 10.5 Å². The van der Waals surface area contributed by atoms with Crippen LogP contribution in [0.3, 0.4) is 0 Å². The summed E-state index contributed by atoms with van der Waals surface area (Å²) in [6.07, 6.45) is 0. The van der Waals surface area contributed by atoms with Gasteiger partial charge in [0.15, 0.2) is 0 Å². The molecule has 0 bridgehead atoms. The molecule has 0 amide bonds. The molecule has 2 N–H and O–H groups in total. The Morgan fingerprint density at radius 2 is 1.83 bits per heavy atom. The number of nitrogens with zero attached hydrogens (tertiary/aromatic N) is 3. The molecule has 0 atom stereocenters. The number of nitriles is 2. The summed E-state index contributed by atoms with van der Waals surface area (Å²) in [4.78, 5) is 0. The van der Waals surface area contributed by atoms with E-state index in [1.807, 2.05) is 24.3 Å². The summed E-state index contributed by atoms with van der Waals surface area (Å²) >= 11 is 0. The van der Waals surface area contributed by atoms with E-state index in [2.05, 4.69) is 29.7 Å². The third kappa shape index (κ3) is 4.65. The van der Waals surface area contributed by atoms with Crippen molar-refractivity contribution < 1.29 is 0 Å². The van der Waals surface area contributed by atoms with Crippen LogP contribution < -0.4 is 10.7 Å². The highest BCUT2D eigenvalue weighted by atomic mass is 15.3. The zero-order valence-electron chi connectivity index (χ0n) is 10.4. The van der Waals surface area contributed by atoms with Crippen molar-refractivity contribution in [2.75, 3.05) is 5.43 Å².